The van der Waals surface area contributed by atoms with Gasteiger partial charge in [0.1, 0.15) is 0 Å². The first-order chi connectivity index (χ1) is 10.7. The van der Waals surface area contributed by atoms with Gasteiger partial charge in [-0.2, -0.15) is 0 Å². The summed E-state index contributed by atoms with van der Waals surface area (Å²) < 4.78 is 1.09. The molecule has 0 spiro atoms. The Kier molecular flexibility index (Phi) is 5.10. The standard InChI is InChI=1S/C18H19IN2O/c19-16-8-4-7-15(11-16)18(22)20-17-9-10-21(13-17)12-14-5-2-1-3-6-14/h1-8,11,17H,9-10,12-13H2,(H,20,22)/t17-/m0/s1. The molecule has 0 aliphatic carbocycles. The number of likely N-dealkylation sites (tertiary alicyclic amines) is 1. The number of amides is 1. The normalized spacial score (nSPS) is 18.3. The number of halogens is 1. The van der Waals surface area contributed by atoms with Crippen LogP contribution in [0.3, 0.4) is 0 Å². The Bertz CT molecular complexity index is 645. The minimum atomic E-state index is 0.0325. The van der Waals surface area contributed by atoms with E-state index in [0.717, 1.165) is 35.2 Å². The van der Waals surface area contributed by atoms with Gasteiger partial charge in [0.25, 0.3) is 5.91 Å². The number of nitrogens with zero attached hydrogens (tertiary/aromatic N) is 1. The van der Waals surface area contributed by atoms with E-state index in [1.54, 1.807) is 0 Å². The summed E-state index contributed by atoms with van der Waals surface area (Å²) in [6, 6.07) is 18.4. The molecule has 0 aromatic heterocycles. The van der Waals surface area contributed by atoms with E-state index in [2.05, 4.69) is 57.1 Å². The van der Waals surface area contributed by atoms with Gasteiger partial charge in [0, 0.05) is 34.8 Å². The predicted molar refractivity (Wildman–Crippen MR) is 96.7 cm³/mol. The van der Waals surface area contributed by atoms with E-state index in [4.69, 9.17) is 0 Å². The number of hydrogen-bond acceptors (Lipinski definition) is 2. The van der Waals surface area contributed by atoms with Crippen LogP contribution in [0, 0.1) is 3.57 Å². The predicted octanol–water partition coefficient (Wildman–Crippen LogP) is 3.30. The summed E-state index contributed by atoms with van der Waals surface area (Å²) >= 11 is 2.23. The Hall–Kier alpha value is -1.40. The van der Waals surface area contributed by atoms with Crippen molar-refractivity contribution >= 4 is 28.5 Å². The van der Waals surface area contributed by atoms with E-state index >= 15 is 0 Å². The highest BCUT2D eigenvalue weighted by atomic mass is 127. The van der Waals surface area contributed by atoms with Gasteiger partial charge in [-0.25, -0.2) is 0 Å². The average molecular weight is 406 g/mol. The molecule has 0 bridgehead atoms. The molecular weight excluding hydrogens is 387 g/mol. The maximum absolute atomic E-state index is 12.3. The van der Waals surface area contributed by atoms with Crippen LogP contribution >= 0.6 is 22.6 Å². The zero-order valence-electron chi connectivity index (χ0n) is 12.3. The maximum atomic E-state index is 12.3. The van der Waals surface area contributed by atoms with Crippen LogP contribution in [0.2, 0.25) is 0 Å². The summed E-state index contributed by atoms with van der Waals surface area (Å²) in [5, 5.41) is 3.15. The summed E-state index contributed by atoms with van der Waals surface area (Å²) in [6.07, 6.45) is 1.02. The lowest BCUT2D eigenvalue weighted by Gasteiger charge is -2.17. The molecular formula is C18H19IN2O. The van der Waals surface area contributed by atoms with Crippen molar-refractivity contribution in [1.29, 1.82) is 0 Å². The molecule has 114 valence electrons. The molecule has 1 saturated heterocycles. The Morgan fingerprint density at radius 1 is 1.18 bits per heavy atom. The molecule has 1 amide bonds. The van der Waals surface area contributed by atoms with Crippen LogP contribution in [-0.4, -0.2) is 29.9 Å². The van der Waals surface area contributed by atoms with Crippen LogP contribution in [0.15, 0.2) is 54.6 Å². The van der Waals surface area contributed by atoms with Gasteiger partial charge < -0.3 is 5.32 Å². The van der Waals surface area contributed by atoms with Crippen LogP contribution in [0.4, 0.5) is 0 Å². The fourth-order valence-electron chi connectivity index (χ4n) is 2.83. The molecule has 4 heteroatoms. The van der Waals surface area contributed by atoms with Crippen LogP contribution < -0.4 is 5.32 Å². The van der Waals surface area contributed by atoms with Crippen molar-refractivity contribution < 1.29 is 4.79 Å². The number of hydrogen-bond donors (Lipinski definition) is 1. The first-order valence-electron chi connectivity index (χ1n) is 7.53. The van der Waals surface area contributed by atoms with E-state index < -0.39 is 0 Å². The summed E-state index contributed by atoms with van der Waals surface area (Å²) in [5.74, 6) is 0.0325. The number of carbonyl (C=O) groups is 1. The van der Waals surface area contributed by atoms with Crippen molar-refractivity contribution in [2.45, 2.75) is 19.0 Å². The summed E-state index contributed by atoms with van der Waals surface area (Å²) in [4.78, 5) is 14.7. The van der Waals surface area contributed by atoms with Crippen molar-refractivity contribution in [3.8, 4) is 0 Å². The molecule has 1 fully saturated rings. The molecule has 2 aromatic rings. The van der Waals surface area contributed by atoms with E-state index in [-0.39, 0.29) is 11.9 Å². The quantitative estimate of drug-likeness (QED) is 0.791. The molecule has 1 aliphatic heterocycles. The van der Waals surface area contributed by atoms with Gasteiger partial charge in [-0.3, -0.25) is 9.69 Å². The van der Waals surface area contributed by atoms with Gasteiger partial charge in [0.05, 0.1) is 0 Å². The average Bonchev–Trinajstić information content (AvgIpc) is 2.95. The minimum Gasteiger partial charge on any atom is -0.348 e. The van der Waals surface area contributed by atoms with Crippen molar-refractivity contribution in [2.24, 2.45) is 0 Å². The lowest BCUT2D eigenvalue weighted by atomic mass is 10.2. The Labute approximate surface area is 144 Å². The maximum Gasteiger partial charge on any atom is 0.251 e. The highest BCUT2D eigenvalue weighted by molar-refractivity contribution is 14.1. The van der Waals surface area contributed by atoms with Crippen LogP contribution in [0.1, 0.15) is 22.3 Å². The Balaban J connectivity index is 1.54. The second kappa shape index (κ2) is 7.24. The molecule has 0 radical (unpaired) electrons. The molecule has 1 aliphatic rings. The van der Waals surface area contributed by atoms with E-state index in [0.29, 0.717) is 0 Å². The molecule has 1 N–H and O–H groups in total. The number of nitrogens with one attached hydrogen (secondary N) is 1. The smallest absolute Gasteiger partial charge is 0.251 e. The van der Waals surface area contributed by atoms with Crippen LogP contribution in [-0.2, 0) is 6.54 Å². The minimum absolute atomic E-state index is 0.0325. The first-order valence-corrected chi connectivity index (χ1v) is 8.61. The van der Waals surface area contributed by atoms with Crippen LogP contribution in [0.25, 0.3) is 0 Å². The lowest BCUT2D eigenvalue weighted by Crippen LogP contribution is -2.37. The fraction of sp³-hybridized carbons (Fsp3) is 0.278. The second-order valence-electron chi connectivity index (χ2n) is 5.69. The molecule has 22 heavy (non-hydrogen) atoms. The summed E-state index contributed by atoms with van der Waals surface area (Å²) in [6.45, 7) is 2.91. The molecule has 0 unspecified atom stereocenters. The largest absolute Gasteiger partial charge is 0.348 e. The molecule has 2 aromatic carbocycles. The van der Waals surface area contributed by atoms with Gasteiger partial charge >= 0.3 is 0 Å². The third-order valence-electron chi connectivity index (χ3n) is 3.94. The zero-order valence-corrected chi connectivity index (χ0v) is 14.5. The van der Waals surface area contributed by atoms with Gasteiger partial charge in [0.15, 0.2) is 0 Å². The van der Waals surface area contributed by atoms with E-state index in [1.807, 2.05) is 30.3 Å². The molecule has 1 heterocycles. The van der Waals surface area contributed by atoms with Gasteiger partial charge in [0.2, 0.25) is 0 Å². The third kappa shape index (κ3) is 4.08. The summed E-state index contributed by atoms with van der Waals surface area (Å²) in [5.41, 5.74) is 2.07. The fourth-order valence-corrected chi connectivity index (χ4v) is 3.38. The van der Waals surface area contributed by atoms with Gasteiger partial charge in [-0.1, -0.05) is 36.4 Å². The van der Waals surface area contributed by atoms with Crippen molar-refractivity contribution in [3.63, 3.8) is 0 Å². The van der Waals surface area contributed by atoms with Crippen molar-refractivity contribution in [2.75, 3.05) is 13.1 Å². The highest BCUT2D eigenvalue weighted by Gasteiger charge is 2.24. The molecule has 3 rings (SSSR count). The number of rotatable bonds is 4. The first kappa shape index (κ1) is 15.5. The molecule has 1 atom stereocenters. The van der Waals surface area contributed by atoms with Gasteiger partial charge in [-0.05, 0) is 52.8 Å². The van der Waals surface area contributed by atoms with Gasteiger partial charge in [-0.15, -0.1) is 0 Å². The second-order valence-corrected chi connectivity index (χ2v) is 6.94. The monoisotopic (exact) mass is 406 g/mol. The summed E-state index contributed by atoms with van der Waals surface area (Å²) in [7, 11) is 0. The topological polar surface area (TPSA) is 32.3 Å². The molecule has 0 saturated carbocycles. The number of carbonyl (C=O) groups excluding carboxylic acids is 1. The SMILES string of the molecule is O=C(N[C@H]1CCN(Cc2ccccc2)C1)c1cccc(I)c1. The lowest BCUT2D eigenvalue weighted by molar-refractivity contribution is 0.0937. The van der Waals surface area contributed by atoms with E-state index in [1.165, 1.54) is 5.56 Å². The van der Waals surface area contributed by atoms with Crippen LogP contribution in [0.5, 0.6) is 0 Å². The number of benzene rings is 2. The Morgan fingerprint density at radius 2 is 2.00 bits per heavy atom. The molecule has 3 nitrogen and oxygen atoms in total. The highest BCUT2D eigenvalue weighted by Crippen LogP contribution is 2.14. The third-order valence-corrected chi connectivity index (χ3v) is 4.61. The van der Waals surface area contributed by atoms with Crippen molar-refractivity contribution in [3.05, 3.63) is 69.3 Å². The van der Waals surface area contributed by atoms with Crippen molar-refractivity contribution in [1.82, 2.24) is 10.2 Å². The zero-order chi connectivity index (χ0) is 15.4. The van der Waals surface area contributed by atoms with E-state index in [9.17, 15) is 4.79 Å². The Morgan fingerprint density at radius 3 is 2.77 bits per heavy atom.